The zero-order valence-corrected chi connectivity index (χ0v) is 15.3. The van der Waals surface area contributed by atoms with Gasteiger partial charge in [-0.15, -0.1) is 0 Å². The number of hydrogen-bond acceptors (Lipinski definition) is 4. The number of aliphatic imine (C=N–C) groups is 2. The first-order valence-electron chi connectivity index (χ1n) is 8.17. The molecule has 0 radical (unpaired) electrons. The van der Waals surface area contributed by atoms with Gasteiger partial charge in [-0.1, -0.05) is 34.3 Å². The van der Waals surface area contributed by atoms with E-state index < -0.39 is 5.91 Å². The number of carbonyl (C=O) groups is 2. The Balaban J connectivity index is 2.44. The second-order valence-electron chi connectivity index (χ2n) is 6.85. The fourth-order valence-electron chi connectivity index (χ4n) is 2.04. The van der Waals surface area contributed by atoms with Gasteiger partial charge in [0.25, 0.3) is 11.9 Å². The van der Waals surface area contributed by atoms with Crippen molar-refractivity contribution in [3.63, 3.8) is 0 Å². The summed E-state index contributed by atoms with van der Waals surface area (Å²) in [6, 6.07) is 1.41. The van der Waals surface area contributed by atoms with Crippen LogP contribution in [-0.2, 0) is 10.2 Å². The van der Waals surface area contributed by atoms with Gasteiger partial charge >= 0.3 is 6.03 Å². The lowest BCUT2D eigenvalue weighted by Gasteiger charge is -2.14. The van der Waals surface area contributed by atoms with E-state index in [-0.39, 0.29) is 23.0 Å². The van der Waals surface area contributed by atoms with Crippen LogP contribution >= 0.6 is 0 Å². The quantitative estimate of drug-likeness (QED) is 0.824. The number of hydrogen-bond donors (Lipinski definition) is 2. The van der Waals surface area contributed by atoms with Crippen LogP contribution in [0.15, 0.2) is 28.2 Å². The number of anilines is 1. The predicted molar refractivity (Wildman–Crippen MR) is 98.3 cm³/mol. The molecule has 0 spiro atoms. The normalized spacial score (nSPS) is 14.9. The van der Waals surface area contributed by atoms with Crippen LogP contribution in [0.25, 0.3) is 0 Å². The molecule has 2 heterocycles. The Morgan fingerprint density at radius 2 is 2.00 bits per heavy atom. The molecule has 1 aliphatic rings. The zero-order valence-electron chi connectivity index (χ0n) is 15.3. The molecule has 0 aromatic carbocycles. The lowest BCUT2D eigenvalue weighted by Crippen LogP contribution is -2.31. The minimum Gasteiger partial charge on any atom is -0.338 e. The SMILES string of the molecule is C=C1C(=O)N=C(n2nc(C(C)(C)C)cc2NC(=O)NCCC)N=C1C. The number of amides is 3. The Hall–Kier alpha value is -2.77. The van der Waals surface area contributed by atoms with Crippen LogP contribution in [0.4, 0.5) is 10.6 Å². The molecule has 1 aliphatic heterocycles. The molecule has 8 heteroatoms. The van der Waals surface area contributed by atoms with Crippen molar-refractivity contribution in [2.75, 3.05) is 11.9 Å². The van der Waals surface area contributed by atoms with Crippen LogP contribution < -0.4 is 10.6 Å². The summed E-state index contributed by atoms with van der Waals surface area (Å²) >= 11 is 0. The Labute approximate surface area is 147 Å². The minimum absolute atomic E-state index is 0.108. The van der Waals surface area contributed by atoms with Crippen LogP contribution in [0.2, 0.25) is 0 Å². The zero-order chi connectivity index (χ0) is 18.8. The number of nitrogens with one attached hydrogen (secondary N) is 2. The maximum Gasteiger partial charge on any atom is 0.320 e. The first-order valence-corrected chi connectivity index (χ1v) is 8.17. The van der Waals surface area contributed by atoms with E-state index in [0.717, 1.165) is 12.1 Å². The second kappa shape index (κ2) is 7.00. The molecule has 134 valence electrons. The number of nitrogens with zero attached hydrogens (tertiary/aromatic N) is 4. The molecule has 0 unspecified atom stereocenters. The van der Waals surface area contributed by atoms with Gasteiger partial charge in [0.05, 0.1) is 17.0 Å². The lowest BCUT2D eigenvalue weighted by molar-refractivity contribution is -0.113. The van der Waals surface area contributed by atoms with Gasteiger partial charge in [-0.25, -0.2) is 9.79 Å². The number of carbonyl (C=O) groups excluding carboxylic acids is 2. The standard InChI is InChI=1S/C17H24N6O2/c1-7-8-18-16(25)20-13-9-12(17(4,5)6)22-23(13)15-19-11(3)10(2)14(24)21-15/h9H,2,7-8H2,1,3-6H3,(H2,18,20,25). The fourth-order valence-corrected chi connectivity index (χ4v) is 2.04. The topological polar surface area (TPSA) is 101 Å². The Bertz CT molecular complexity index is 780. The van der Waals surface area contributed by atoms with E-state index in [1.54, 1.807) is 13.0 Å². The lowest BCUT2D eigenvalue weighted by atomic mass is 9.92. The fraction of sp³-hybridized carbons (Fsp3) is 0.471. The average molecular weight is 344 g/mol. The highest BCUT2D eigenvalue weighted by Gasteiger charge is 2.25. The van der Waals surface area contributed by atoms with Gasteiger partial charge in [-0.2, -0.15) is 14.8 Å². The third kappa shape index (κ3) is 4.20. The largest absolute Gasteiger partial charge is 0.338 e. The van der Waals surface area contributed by atoms with Gasteiger partial charge < -0.3 is 5.32 Å². The van der Waals surface area contributed by atoms with Gasteiger partial charge in [0, 0.05) is 18.0 Å². The highest BCUT2D eigenvalue weighted by molar-refractivity contribution is 6.27. The van der Waals surface area contributed by atoms with Crippen molar-refractivity contribution < 1.29 is 9.59 Å². The molecule has 2 N–H and O–H groups in total. The van der Waals surface area contributed by atoms with E-state index in [2.05, 4.69) is 32.3 Å². The van der Waals surface area contributed by atoms with Crippen LogP contribution in [0, 0.1) is 0 Å². The Morgan fingerprint density at radius 3 is 2.56 bits per heavy atom. The number of rotatable bonds is 3. The molecule has 0 atom stereocenters. The molecular weight excluding hydrogens is 320 g/mol. The van der Waals surface area contributed by atoms with Gasteiger partial charge in [-0.05, 0) is 13.3 Å². The molecule has 0 bridgehead atoms. The van der Waals surface area contributed by atoms with E-state index in [9.17, 15) is 9.59 Å². The molecule has 0 saturated heterocycles. The van der Waals surface area contributed by atoms with Crippen molar-refractivity contribution in [2.24, 2.45) is 9.98 Å². The van der Waals surface area contributed by atoms with Crippen LogP contribution in [0.1, 0.15) is 46.7 Å². The molecule has 8 nitrogen and oxygen atoms in total. The van der Waals surface area contributed by atoms with Crippen LogP contribution in [0.3, 0.4) is 0 Å². The average Bonchev–Trinajstić information content (AvgIpc) is 2.94. The summed E-state index contributed by atoms with van der Waals surface area (Å²) in [5, 5.41) is 9.97. The molecule has 3 amide bonds. The van der Waals surface area contributed by atoms with Crippen molar-refractivity contribution in [2.45, 2.75) is 46.5 Å². The monoisotopic (exact) mass is 344 g/mol. The van der Waals surface area contributed by atoms with Gasteiger partial charge in [-0.3, -0.25) is 10.1 Å². The van der Waals surface area contributed by atoms with Crippen molar-refractivity contribution in [3.05, 3.63) is 23.9 Å². The minimum atomic E-state index is -0.461. The van der Waals surface area contributed by atoms with E-state index >= 15 is 0 Å². The van der Waals surface area contributed by atoms with Crippen molar-refractivity contribution >= 4 is 29.4 Å². The summed E-state index contributed by atoms with van der Waals surface area (Å²) in [5.41, 5.74) is 1.22. The van der Waals surface area contributed by atoms with Gasteiger partial charge in [0.2, 0.25) is 0 Å². The molecule has 1 aromatic heterocycles. The molecule has 2 rings (SSSR count). The summed E-state index contributed by atoms with van der Waals surface area (Å²) in [7, 11) is 0. The molecule has 0 saturated carbocycles. The predicted octanol–water partition coefficient (Wildman–Crippen LogP) is 2.47. The smallest absolute Gasteiger partial charge is 0.320 e. The first kappa shape index (κ1) is 18.6. The molecule has 0 fully saturated rings. The van der Waals surface area contributed by atoms with Gasteiger partial charge in [0.15, 0.2) is 0 Å². The second-order valence-corrected chi connectivity index (χ2v) is 6.85. The van der Waals surface area contributed by atoms with Crippen molar-refractivity contribution in [1.82, 2.24) is 15.1 Å². The molecule has 1 aromatic rings. The van der Waals surface area contributed by atoms with E-state index in [1.165, 1.54) is 4.68 Å². The van der Waals surface area contributed by atoms with Crippen LogP contribution in [-0.4, -0.2) is 39.9 Å². The van der Waals surface area contributed by atoms with E-state index in [4.69, 9.17) is 0 Å². The summed E-state index contributed by atoms with van der Waals surface area (Å²) in [4.78, 5) is 32.2. The summed E-state index contributed by atoms with van der Waals surface area (Å²) in [6.07, 6.45) is 0.826. The maximum atomic E-state index is 12.0. The Kier molecular flexibility index (Phi) is 5.20. The Morgan fingerprint density at radius 1 is 1.32 bits per heavy atom. The number of aromatic nitrogens is 2. The van der Waals surface area contributed by atoms with Gasteiger partial charge in [0.1, 0.15) is 5.82 Å². The maximum absolute atomic E-state index is 12.0. The number of urea groups is 1. The summed E-state index contributed by atoms with van der Waals surface area (Å²) in [6.45, 7) is 13.9. The summed E-state index contributed by atoms with van der Waals surface area (Å²) < 4.78 is 1.37. The third-order valence-electron chi connectivity index (χ3n) is 3.61. The third-order valence-corrected chi connectivity index (χ3v) is 3.61. The molecule has 25 heavy (non-hydrogen) atoms. The van der Waals surface area contributed by atoms with Crippen LogP contribution in [0.5, 0.6) is 0 Å². The molecule has 0 aliphatic carbocycles. The molecular formula is C17H24N6O2. The van der Waals surface area contributed by atoms with Crippen molar-refractivity contribution in [3.8, 4) is 0 Å². The highest BCUT2D eigenvalue weighted by Crippen LogP contribution is 2.24. The highest BCUT2D eigenvalue weighted by atomic mass is 16.2. The summed E-state index contributed by atoms with van der Waals surface area (Å²) in [5.74, 6) is 0.0435. The van der Waals surface area contributed by atoms with Crippen molar-refractivity contribution in [1.29, 1.82) is 0 Å². The van der Waals surface area contributed by atoms with E-state index in [1.807, 2.05) is 27.7 Å². The van der Waals surface area contributed by atoms with E-state index in [0.29, 0.717) is 18.1 Å². The first-order chi connectivity index (χ1) is 11.6.